The summed E-state index contributed by atoms with van der Waals surface area (Å²) in [5.41, 5.74) is 0. The van der Waals surface area contributed by atoms with Crippen molar-refractivity contribution in [3.63, 3.8) is 0 Å². The van der Waals surface area contributed by atoms with E-state index in [1.807, 2.05) is 25.9 Å². The number of aliphatic hydroxyl groups is 1. The monoisotopic (exact) mass is 280 g/mol. The molecule has 1 aromatic rings. The van der Waals surface area contributed by atoms with Crippen molar-refractivity contribution in [2.75, 3.05) is 48.9 Å². The predicted octanol–water partition coefficient (Wildman–Crippen LogP) is 0.721. The smallest absolute Gasteiger partial charge is 0.232 e. The minimum atomic E-state index is 0.107. The maximum atomic E-state index is 9.28. The van der Waals surface area contributed by atoms with Gasteiger partial charge in [0.05, 0.1) is 6.61 Å². The third kappa shape index (κ3) is 3.27. The molecule has 0 atom stereocenters. The van der Waals surface area contributed by atoms with E-state index in [9.17, 15) is 5.11 Å². The van der Waals surface area contributed by atoms with E-state index < -0.39 is 0 Å². The summed E-state index contributed by atoms with van der Waals surface area (Å²) in [5, 5.41) is 12.4. The van der Waals surface area contributed by atoms with Crippen molar-refractivity contribution in [1.82, 2.24) is 15.0 Å². The van der Waals surface area contributed by atoms with Crippen molar-refractivity contribution in [3.05, 3.63) is 0 Å². The maximum absolute atomic E-state index is 9.28. The van der Waals surface area contributed by atoms with E-state index >= 15 is 0 Å². The Kier molecular flexibility index (Phi) is 4.94. The molecule has 112 valence electrons. The van der Waals surface area contributed by atoms with E-state index in [-0.39, 0.29) is 6.61 Å². The second-order valence-corrected chi connectivity index (χ2v) is 5.19. The Bertz CT molecular complexity index is 435. The summed E-state index contributed by atoms with van der Waals surface area (Å²) in [6.45, 7) is 3.44. The highest BCUT2D eigenvalue weighted by Gasteiger charge is 2.27. The molecule has 0 saturated heterocycles. The molecule has 1 aliphatic rings. The second-order valence-electron chi connectivity index (χ2n) is 5.19. The molecule has 0 aromatic carbocycles. The van der Waals surface area contributed by atoms with Crippen LogP contribution in [0.4, 0.5) is 17.8 Å². The van der Waals surface area contributed by atoms with Crippen LogP contribution in [0.15, 0.2) is 0 Å². The van der Waals surface area contributed by atoms with Crippen LogP contribution >= 0.6 is 0 Å². The highest BCUT2D eigenvalue weighted by atomic mass is 16.3. The zero-order chi connectivity index (χ0) is 14.5. The number of nitrogens with one attached hydrogen (secondary N) is 1. The average Bonchev–Trinajstić information content (AvgIpc) is 2.36. The standard InChI is InChI=1S/C13H24N6O/c1-4-14-11-15-12(18(2)3)17-13(16-11)19(8-9-20)10-6-5-7-10/h10,20H,4-9H2,1-3H3,(H,14,15,16,17). The highest BCUT2D eigenvalue weighted by molar-refractivity contribution is 5.45. The molecular weight excluding hydrogens is 256 g/mol. The van der Waals surface area contributed by atoms with Gasteiger partial charge in [0.15, 0.2) is 0 Å². The first kappa shape index (κ1) is 14.8. The van der Waals surface area contributed by atoms with Gasteiger partial charge in [-0.2, -0.15) is 15.0 Å². The van der Waals surface area contributed by atoms with Gasteiger partial charge in [-0.05, 0) is 26.2 Å². The van der Waals surface area contributed by atoms with Crippen LogP contribution in [0.1, 0.15) is 26.2 Å². The lowest BCUT2D eigenvalue weighted by Crippen LogP contribution is -2.43. The molecule has 0 unspecified atom stereocenters. The van der Waals surface area contributed by atoms with Crippen LogP contribution in [0.3, 0.4) is 0 Å². The van der Waals surface area contributed by atoms with Crippen LogP contribution in [0.5, 0.6) is 0 Å². The third-order valence-electron chi connectivity index (χ3n) is 3.46. The number of anilines is 3. The lowest BCUT2D eigenvalue weighted by atomic mass is 9.92. The maximum Gasteiger partial charge on any atom is 0.232 e. The molecule has 7 heteroatoms. The van der Waals surface area contributed by atoms with Gasteiger partial charge in [0, 0.05) is 33.2 Å². The number of aromatic nitrogens is 3. The molecule has 0 amide bonds. The molecule has 1 heterocycles. The van der Waals surface area contributed by atoms with Crippen LogP contribution in [0, 0.1) is 0 Å². The van der Waals surface area contributed by atoms with Crippen LogP contribution < -0.4 is 15.1 Å². The molecule has 20 heavy (non-hydrogen) atoms. The second kappa shape index (κ2) is 6.69. The number of aliphatic hydroxyl groups excluding tert-OH is 1. The summed E-state index contributed by atoms with van der Waals surface area (Å²) in [6, 6.07) is 0.439. The Hall–Kier alpha value is -1.63. The van der Waals surface area contributed by atoms with E-state index in [0.29, 0.717) is 30.4 Å². The lowest BCUT2D eigenvalue weighted by molar-refractivity contribution is 0.282. The molecule has 1 saturated carbocycles. The third-order valence-corrected chi connectivity index (χ3v) is 3.46. The van der Waals surface area contributed by atoms with Gasteiger partial charge < -0.3 is 20.2 Å². The Labute approximate surface area is 120 Å². The Morgan fingerprint density at radius 2 is 1.90 bits per heavy atom. The van der Waals surface area contributed by atoms with E-state index in [2.05, 4.69) is 25.2 Å². The first-order valence-electron chi connectivity index (χ1n) is 7.20. The van der Waals surface area contributed by atoms with E-state index in [4.69, 9.17) is 0 Å². The molecular formula is C13H24N6O. The minimum Gasteiger partial charge on any atom is -0.395 e. The Balaban J connectivity index is 2.30. The number of hydrogen-bond donors (Lipinski definition) is 2. The number of rotatable bonds is 7. The highest BCUT2D eigenvalue weighted by Crippen LogP contribution is 2.28. The zero-order valence-corrected chi connectivity index (χ0v) is 12.5. The van der Waals surface area contributed by atoms with E-state index in [0.717, 1.165) is 19.4 Å². The van der Waals surface area contributed by atoms with Crippen molar-refractivity contribution in [1.29, 1.82) is 0 Å². The number of nitrogens with zero attached hydrogens (tertiary/aromatic N) is 5. The summed E-state index contributed by atoms with van der Waals surface area (Å²) in [6.07, 6.45) is 3.51. The topological polar surface area (TPSA) is 77.4 Å². The van der Waals surface area contributed by atoms with Crippen molar-refractivity contribution < 1.29 is 5.11 Å². The van der Waals surface area contributed by atoms with Crippen LogP contribution in [-0.4, -0.2) is 59.9 Å². The molecule has 0 bridgehead atoms. The lowest BCUT2D eigenvalue weighted by Gasteiger charge is -2.37. The molecule has 0 radical (unpaired) electrons. The van der Waals surface area contributed by atoms with Gasteiger partial charge in [0.1, 0.15) is 0 Å². The quantitative estimate of drug-likeness (QED) is 0.762. The molecule has 1 fully saturated rings. The van der Waals surface area contributed by atoms with Gasteiger partial charge in [0.2, 0.25) is 17.8 Å². The first-order chi connectivity index (χ1) is 9.65. The van der Waals surface area contributed by atoms with Crippen molar-refractivity contribution >= 4 is 17.8 Å². The van der Waals surface area contributed by atoms with Crippen LogP contribution in [0.2, 0.25) is 0 Å². The van der Waals surface area contributed by atoms with Crippen LogP contribution in [-0.2, 0) is 0 Å². The normalized spacial score (nSPS) is 14.8. The molecule has 2 N–H and O–H groups in total. The van der Waals surface area contributed by atoms with E-state index in [1.165, 1.54) is 6.42 Å². The van der Waals surface area contributed by atoms with Crippen molar-refractivity contribution in [2.45, 2.75) is 32.2 Å². The summed E-state index contributed by atoms with van der Waals surface area (Å²) < 4.78 is 0. The van der Waals surface area contributed by atoms with Crippen molar-refractivity contribution in [2.24, 2.45) is 0 Å². The molecule has 2 rings (SSSR count). The fourth-order valence-corrected chi connectivity index (χ4v) is 2.17. The summed E-state index contributed by atoms with van der Waals surface area (Å²) in [7, 11) is 3.82. The summed E-state index contributed by atoms with van der Waals surface area (Å²) >= 11 is 0. The zero-order valence-electron chi connectivity index (χ0n) is 12.5. The SMILES string of the molecule is CCNc1nc(N(C)C)nc(N(CCO)C2CCC2)n1. The number of hydrogen-bond acceptors (Lipinski definition) is 7. The minimum absolute atomic E-state index is 0.107. The fraction of sp³-hybridized carbons (Fsp3) is 0.769. The Morgan fingerprint density at radius 3 is 2.40 bits per heavy atom. The van der Waals surface area contributed by atoms with Crippen molar-refractivity contribution in [3.8, 4) is 0 Å². The molecule has 0 aliphatic heterocycles. The van der Waals surface area contributed by atoms with Gasteiger partial charge in [-0.3, -0.25) is 0 Å². The van der Waals surface area contributed by atoms with Crippen LogP contribution in [0.25, 0.3) is 0 Å². The van der Waals surface area contributed by atoms with Gasteiger partial charge >= 0.3 is 0 Å². The van der Waals surface area contributed by atoms with E-state index in [1.54, 1.807) is 0 Å². The van der Waals surface area contributed by atoms with Gasteiger partial charge in [-0.15, -0.1) is 0 Å². The molecule has 1 aliphatic carbocycles. The van der Waals surface area contributed by atoms with Gasteiger partial charge in [0.25, 0.3) is 0 Å². The average molecular weight is 280 g/mol. The Morgan fingerprint density at radius 1 is 1.20 bits per heavy atom. The summed E-state index contributed by atoms with van der Waals surface area (Å²) in [4.78, 5) is 17.3. The predicted molar refractivity (Wildman–Crippen MR) is 80.4 cm³/mol. The molecule has 7 nitrogen and oxygen atoms in total. The molecule has 0 spiro atoms. The largest absolute Gasteiger partial charge is 0.395 e. The summed E-state index contributed by atoms with van der Waals surface area (Å²) in [5.74, 6) is 1.87. The molecule has 1 aromatic heterocycles. The van der Waals surface area contributed by atoms with Gasteiger partial charge in [-0.1, -0.05) is 0 Å². The van der Waals surface area contributed by atoms with Gasteiger partial charge in [-0.25, -0.2) is 0 Å². The first-order valence-corrected chi connectivity index (χ1v) is 7.20. The fourth-order valence-electron chi connectivity index (χ4n) is 2.17.